The maximum absolute atomic E-state index is 12.8. The molecule has 0 amide bonds. The van der Waals surface area contributed by atoms with Crippen LogP contribution in [0.5, 0.6) is 11.5 Å². The van der Waals surface area contributed by atoms with Gasteiger partial charge in [0, 0.05) is 10.0 Å². The number of benzene rings is 3. The van der Waals surface area contributed by atoms with Gasteiger partial charge in [0.2, 0.25) is 0 Å². The molecule has 3 aromatic carbocycles. The number of carbonyl (C=O) groups excluding carboxylic acids is 2. The largest absolute Gasteiger partial charge is 0.465 e. The van der Waals surface area contributed by atoms with Crippen LogP contribution in [0.3, 0.4) is 0 Å². The summed E-state index contributed by atoms with van der Waals surface area (Å²) < 4.78 is 40.1. The van der Waals surface area contributed by atoms with E-state index in [-0.39, 0.29) is 16.9 Å². The van der Waals surface area contributed by atoms with Gasteiger partial charge in [-0.25, -0.2) is 18.4 Å². The molecule has 0 N–H and O–H groups in total. The minimum absolute atomic E-state index is 0.148. The fraction of sp³-hybridized carbons (Fsp3) is 0.0909. The van der Waals surface area contributed by atoms with Crippen molar-refractivity contribution < 1.29 is 32.6 Å². The van der Waals surface area contributed by atoms with Crippen molar-refractivity contribution in [3.05, 3.63) is 93.5 Å². The van der Waals surface area contributed by atoms with Crippen LogP contribution >= 0.6 is 23.2 Å². The molecule has 5 nitrogen and oxygen atoms in total. The van der Waals surface area contributed by atoms with E-state index in [2.05, 4.69) is 9.47 Å². The van der Waals surface area contributed by atoms with Crippen molar-refractivity contribution in [3.63, 3.8) is 0 Å². The Balaban J connectivity index is 0.000000245. The molecule has 3 aromatic rings. The third-order valence-electron chi connectivity index (χ3n) is 3.72. The molecule has 0 bridgehead atoms. The number of rotatable bonds is 4. The van der Waals surface area contributed by atoms with Gasteiger partial charge < -0.3 is 14.2 Å². The Morgan fingerprint density at radius 3 is 1.84 bits per heavy atom. The molecule has 9 heteroatoms. The van der Waals surface area contributed by atoms with Crippen LogP contribution in [0.15, 0.2) is 60.7 Å². The molecule has 0 aliphatic carbocycles. The predicted octanol–water partition coefficient (Wildman–Crippen LogP) is 6.32. The van der Waals surface area contributed by atoms with E-state index in [1.54, 1.807) is 12.1 Å². The summed E-state index contributed by atoms with van der Waals surface area (Å²) >= 11 is 11.4. The molecule has 162 valence electrons. The predicted molar refractivity (Wildman–Crippen MR) is 112 cm³/mol. The maximum atomic E-state index is 12.8. The maximum Gasteiger partial charge on any atom is 0.341 e. The van der Waals surface area contributed by atoms with E-state index in [0.29, 0.717) is 21.5 Å². The molecule has 0 saturated heterocycles. The van der Waals surface area contributed by atoms with Crippen molar-refractivity contribution in [2.45, 2.75) is 0 Å². The van der Waals surface area contributed by atoms with Gasteiger partial charge in [-0.05, 0) is 60.7 Å². The van der Waals surface area contributed by atoms with Crippen molar-refractivity contribution in [2.24, 2.45) is 0 Å². The van der Waals surface area contributed by atoms with Gasteiger partial charge in [-0.15, -0.1) is 0 Å². The highest BCUT2D eigenvalue weighted by Crippen LogP contribution is 2.28. The highest BCUT2D eigenvalue weighted by atomic mass is 35.5. The summed E-state index contributed by atoms with van der Waals surface area (Å²) in [6, 6.07) is 13.8. The number of halogens is 4. The van der Waals surface area contributed by atoms with Crippen LogP contribution in [0.25, 0.3) is 0 Å². The Morgan fingerprint density at radius 2 is 1.26 bits per heavy atom. The van der Waals surface area contributed by atoms with Crippen molar-refractivity contribution in [1.29, 1.82) is 0 Å². The Hall–Kier alpha value is -3.16. The van der Waals surface area contributed by atoms with E-state index in [9.17, 15) is 18.4 Å². The number of hydrogen-bond acceptors (Lipinski definition) is 5. The second-order valence-electron chi connectivity index (χ2n) is 5.80. The zero-order valence-corrected chi connectivity index (χ0v) is 17.8. The van der Waals surface area contributed by atoms with Gasteiger partial charge in [0.05, 0.1) is 19.8 Å². The third kappa shape index (κ3) is 6.94. The summed E-state index contributed by atoms with van der Waals surface area (Å²) in [6.07, 6.45) is 0. The van der Waals surface area contributed by atoms with Gasteiger partial charge in [-0.3, -0.25) is 0 Å². The van der Waals surface area contributed by atoms with E-state index in [1.807, 2.05) is 0 Å². The minimum Gasteiger partial charge on any atom is -0.465 e. The van der Waals surface area contributed by atoms with Gasteiger partial charge in [0.1, 0.15) is 28.7 Å². The summed E-state index contributed by atoms with van der Waals surface area (Å²) in [4.78, 5) is 22.5. The molecule has 0 radical (unpaired) electrons. The second-order valence-corrected chi connectivity index (χ2v) is 6.68. The fourth-order valence-electron chi connectivity index (χ4n) is 2.25. The lowest BCUT2D eigenvalue weighted by atomic mass is 10.2. The summed E-state index contributed by atoms with van der Waals surface area (Å²) in [5, 5.41) is 0.698. The molecule has 0 unspecified atom stereocenters. The molecule has 0 saturated carbocycles. The Bertz CT molecular complexity index is 1070. The Labute approximate surface area is 187 Å². The summed E-state index contributed by atoms with van der Waals surface area (Å²) in [5.74, 6) is -1.57. The van der Waals surface area contributed by atoms with Crippen molar-refractivity contribution in [3.8, 4) is 11.5 Å². The SMILES string of the molecule is COC(=O)c1cc(Cl)ccc1F.COC(=O)c1cc(Cl)ccc1Oc1ccc(F)cc1. The zero-order valence-electron chi connectivity index (χ0n) is 16.3. The van der Waals surface area contributed by atoms with Gasteiger partial charge in [0.25, 0.3) is 0 Å². The average Bonchev–Trinajstić information content (AvgIpc) is 2.77. The van der Waals surface area contributed by atoms with E-state index in [4.69, 9.17) is 27.9 Å². The first-order chi connectivity index (χ1) is 14.7. The first-order valence-corrected chi connectivity index (χ1v) is 9.35. The van der Waals surface area contributed by atoms with Crippen LogP contribution in [0.4, 0.5) is 8.78 Å². The quantitative estimate of drug-likeness (QED) is 0.419. The average molecular weight is 469 g/mol. The van der Waals surface area contributed by atoms with Crippen LogP contribution in [0, 0.1) is 11.6 Å². The zero-order chi connectivity index (χ0) is 23.0. The van der Waals surface area contributed by atoms with E-state index in [1.165, 1.54) is 56.7 Å². The minimum atomic E-state index is -0.727. The molecule has 0 aliphatic rings. The molecule has 0 fully saturated rings. The second kappa shape index (κ2) is 11.3. The van der Waals surface area contributed by atoms with Crippen LogP contribution in [-0.2, 0) is 9.47 Å². The first-order valence-electron chi connectivity index (χ1n) is 8.59. The first kappa shape index (κ1) is 24.1. The third-order valence-corrected chi connectivity index (χ3v) is 4.19. The van der Waals surface area contributed by atoms with E-state index >= 15 is 0 Å². The molecule has 0 atom stereocenters. The smallest absolute Gasteiger partial charge is 0.341 e. The number of ether oxygens (including phenoxy) is 3. The van der Waals surface area contributed by atoms with Gasteiger partial charge in [-0.1, -0.05) is 23.2 Å². The molecule has 0 heterocycles. The molecular formula is C22H16Cl2F2O5. The van der Waals surface area contributed by atoms with E-state index < -0.39 is 17.8 Å². The lowest BCUT2D eigenvalue weighted by molar-refractivity contribution is 0.0587. The topological polar surface area (TPSA) is 61.8 Å². The fourth-order valence-corrected chi connectivity index (χ4v) is 2.60. The van der Waals surface area contributed by atoms with Crippen LogP contribution in [0.2, 0.25) is 10.0 Å². The number of methoxy groups -OCH3 is 2. The highest BCUT2D eigenvalue weighted by molar-refractivity contribution is 6.31. The molecule has 0 aromatic heterocycles. The number of esters is 2. The summed E-state index contributed by atoms with van der Waals surface area (Å²) in [7, 11) is 2.45. The monoisotopic (exact) mass is 468 g/mol. The van der Waals surface area contributed by atoms with Gasteiger partial charge in [-0.2, -0.15) is 0 Å². The van der Waals surface area contributed by atoms with Crippen molar-refractivity contribution >= 4 is 35.1 Å². The molecular weight excluding hydrogens is 453 g/mol. The Kier molecular flexibility index (Phi) is 8.78. The lowest BCUT2D eigenvalue weighted by Gasteiger charge is -2.10. The normalized spacial score (nSPS) is 9.87. The molecule has 0 aliphatic heterocycles. The molecule has 3 rings (SSSR count). The standard InChI is InChI=1S/C14H10ClFO3.C8H6ClFO2/c1-18-14(17)12-8-9(15)2-7-13(12)19-11-5-3-10(16)4-6-11;1-12-8(11)6-4-5(9)2-3-7(6)10/h2-8H,1H3;2-4H,1H3. The van der Waals surface area contributed by atoms with Gasteiger partial charge >= 0.3 is 11.9 Å². The van der Waals surface area contributed by atoms with Crippen LogP contribution in [0.1, 0.15) is 20.7 Å². The van der Waals surface area contributed by atoms with Crippen LogP contribution < -0.4 is 4.74 Å². The number of carbonyl (C=O) groups is 2. The lowest BCUT2D eigenvalue weighted by Crippen LogP contribution is -2.03. The van der Waals surface area contributed by atoms with Crippen molar-refractivity contribution in [2.75, 3.05) is 14.2 Å². The van der Waals surface area contributed by atoms with Crippen LogP contribution in [-0.4, -0.2) is 26.2 Å². The highest BCUT2D eigenvalue weighted by Gasteiger charge is 2.14. The number of hydrogen-bond donors (Lipinski definition) is 0. The Morgan fingerprint density at radius 1 is 0.742 bits per heavy atom. The van der Waals surface area contributed by atoms with Crippen molar-refractivity contribution in [1.82, 2.24) is 0 Å². The van der Waals surface area contributed by atoms with Gasteiger partial charge in [0.15, 0.2) is 0 Å². The van der Waals surface area contributed by atoms with E-state index in [0.717, 1.165) is 6.07 Å². The summed E-state index contributed by atoms with van der Waals surface area (Å²) in [5.41, 5.74) is 0.0596. The summed E-state index contributed by atoms with van der Waals surface area (Å²) in [6.45, 7) is 0. The molecule has 0 spiro atoms. The molecule has 31 heavy (non-hydrogen) atoms.